The van der Waals surface area contributed by atoms with Crippen LogP contribution in [0.5, 0.6) is 5.75 Å². The number of halogens is 2. The van der Waals surface area contributed by atoms with E-state index in [9.17, 15) is 9.18 Å². The highest BCUT2D eigenvalue weighted by atomic mass is 79.9. The molecule has 0 aliphatic heterocycles. The molecule has 0 atom stereocenters. The van der Waals surface area contributed by atoms with Crippen LogP contribution in [0.4, 0.5) is 4.39 Å². The van der Waals surface area contributed by atoms with Gasteiger partial charge in [0.05, 0.1) is 19.8 Å². The first kappa shape index (κ1) is 15.5. The number of ether oxygens (including phenoxy) is 2. The Hall–Kier alpha value is -1.88. The quantitative estimate of drug-likeness (QED) is 0.611. The minimum atomic E-state index is -0.421. The molecule has 0 spiro atoms. The van der Waals surface area contributed by atoms with Crippen molar-refractivity contribution < 1.29 is 18.7 Å². The lowest BCUT2D eigenvalue weighted by molar-refractivity contribution is 0.0600. The topological polar surface area (TPSA) is 35.5 Å². The fourth-order valence-electron chi connectivity index (χ4n) is 2.05. The average Bonchev–Trinajstić information content (AvgIpc) is 2.54. The molecule has 0 amide bonds. The van der Waals surface area contributed by atoms with Crippen LogP contribution in [0.2, 0.25) is 0 Å². The molecule has 2 aromatic carbocycles. The predicted molar refractivity (Wildman–Crippen MR) is 82.4 cm³/mol. The van der Waals surface area contributed by atoms with Crippen LogP contribution in [0, 0.1) is 5.82 Å². The van der Waals surface area contributed by atoms with E-state index in [4.69, 9.17) is 9.47 Å². The molecule has 0 aromatic heterocycles. The van der Waals surface area contributed by atoms with Gasteiger partial charge in [0, 0.05) is 10.9 Å². The third-order valence-corrected chi connectivity index (χ3v) is 3.74. The predicted octanol–water partition coefficient (Wildman–Crippen LogP) is 4.18. The molecule has 0 radical (unpaired) electrons. The van der Waals surface area contributed by atoms with Gasteiger partial charge < -0.3 is 9.47 Å². The second kappa shape index (κ2) is 6.72. The van der Waals surface area contributed by atoms with Gasteiger partial charge >= 0.3 is 5.97 Å². The maximum absolute atomic E-state index is 14.1. The third kappa shape index (κ3) is 3.24. The lowest BCUT2D eigenvalue weighted by Crippen LogP contribution is -2.02. The molecule has 5 heteroatoms. The van der Waals surface area contributed by atoms with Crippen LogP contribution in [0.3, 0.4) is 0 Å². The number of hydrogen-bond donors (Lipinski definition) is 0. The molecule has 0 aliphatic carbocycles. The summed E-state index contributed by atoms with van der Waals surface area (Å²) in [5.74, 6) is -0.192. The molecule has 0 heterocycles. The molecular weight excluding hydrogens is 339 g/mol. The zero-order valence-electron chi connectivity index (χ0n) is 11.7. The van der Waals surface area contributed by atoms with Crippen molar-refractivity contribution in [3.05, 3.63) is 53.3 Å². The van der Waals surface area contributed by atoms with Gasteiger partial charge in [-0.15, -0.1) is 0 Å². The number of hydrogen-bond acceptors (Lipinski definition) is 3. The van der Waals surface area contributed by atoms with Gasteiger partial charge in [-0.25, -0.2) is 9.18 Å². The van der Waals surface area contributed by atoms with Gasteiger partial charge in [-0.1, -0.05) is 22.0 Å². The largest absolute Gasteiger partial charge is 0.497 e. The Morgan fingerprint density at radius 3 is 2.52 bits per heavy atom. The highest BCUT2D eigenvalue weighted by molar-refractivity contribution is 9.08. The van der Waals surface area contributed by atoms with Gasteiger partial charge in [0.25, 0.3) is 0 Å². The number of esters is 1. The lowest BCUT2D eigenvalue weighted by Gasteiger charge is -2.11. The zero-order chi connectivity index (χ0) is 15.4. The highest BCUT2D eigenvalue weighted by Gasteiger charge is 2.14. The molecule has 2 aromatic rings. The molecule has 21 heavy (non-hydrogen) atoms. The van der Waals surface area contributed by atoms with E-state index < -0.39 is 5.97 Å². The van der Waals surface area contributed by atoms with E-state index in [0.717, 1.165) is 5.56 Å². The second-order valence-corrected chi connectivity index (χ2v) is 4.90. The fraction of sp³-hybridized carbons (Fsp3) is 0.188. The summed E-state index contributed by atoms with van der Waals surface area (Å²) in [5, 5.41) is 0.490. The van der Waals surface area contributed by atoms with Crippen molar-refractivity contribution in [2.45, 2.75) is 5.33 Å². The number of methoxy groups -OCH3 is 2. The van der Waals surface area contributed by atoms with Crippen molar-refractivity contribution in [1.29, 1.82) is 0 Å². The Kier molecular flexibility index (Phi) is 4.96. The summed E-state index contributed by atoms with van der Waals surface area (Å²) in [7, 11) is 2.86. The van der Waals surface area contributed by atoms with Crippen molar-refractivity contribution >= 4 is 21.9 Å². The Morgan fingerprint density at radius 1 is 1.14 bits per heavy atom. The number of carbonyl (C=O) groups excluding carboxylic acids is 1. The highest BCUT2D eigenvalue weighted by Crippen LogP contribution is 2.31. The molecule has 0 saturated heterocycles. The third-order valence-electron chi connectivity index (χ3n) is 3.13. The van der Waals surface area contributed by atoms with E-state index in [1.54, 1.807) is 30.3 Å². The van der Waals surface area contributed by atoms with Crippen molar-refractivity contribution in [2.24, 2.45) is 0 Å². The van der Waals surface area contributed by atoms with Gasteiger partial charge in [-0.3, -0.25) is 0 Å². The van der Waals surface area contributed by atoms with E-state index in [1.807, 2.05) is 0 Å². The summed E-state index contributed by atoms with van der Waals surface area (Å²) in [5.41, 5.74) is 2.36. The Labute approximate surface area is 130 Å². The normalized spacial score (nSPS) is 10.3. The monoisotopic (exact) mass is 352 g/mol. The van der Waals surface area contributed by atoms with Crippen molar-refractivity contribution in [3.8, 4) is 16.9 Å². The number of rotatable bonds is 4. The van der Waals surface area contributed by atoms with E-state index in [0.29, 0.717) is 27.8 Å². The average molecular weight is 353 g/mol. The van der Waals surface area contributed by atoms with Crippen LogP contribution in [0.25, 0.3) is 11.1 Å². The molecule has 0 bridgehead atoms. The lowest BCUT2D eigenvalue weighted by atomic mass is 9.98. The molecule has 2 rings (SSSR count). The fourth-order valence-corrected chi connectivity index (χ4v) is 2.51. The Morgan fingerprint density at radius 2 is 1.90 bits per heavy atom. The smallest absolute Gasteiger partial charge is 0.337 e. The number of carbonyl (C=O) groups is 1. The number of benzene rings is 2. The molecule has 0 unspecified atom stereocenters. The molecular formula is C16H14BrFO3. The molecule has 0 aliphatic rings. The summed E-state index contributed by atoms with van der Waals surface area (Å²) in [6.07, 6.45) is 0. The van der Waals surface area contributed by atoms with Gasteiger partial charge in [0.1, 0.15) is 11.6 Å². The SMILES string of the molecule is COC(=O)c1ccc(-c2cc(OC)ccc2F)c(CBr)c1. The maximum Gasteiger partial charge on any atom is 0.337 e. The van der Waals surface area contributed by atoms with Crippen LogP contribution in [0.1, 0.15) is 15.9 Å². The van der Waals surface area contributed by atoms with Crippen molar-refractivity contribution in [1.82, 2.24) is 0 Å². The molecule has 0 N–H and O–H groups in total. The summed E-state index contributed by atoms with van der Waals surface area (Å²) >= 11 is 3.37. The van der Waals surface area contributed by atoms with Crippen LogP contribution in [-0.2, 0) is 10.1 Å². The van der Waals surface area contributed by atoms with Crippen LogP contribution in [-0.4, -0.2) is 20.2 Å². The first-order chi connectivity index (χ1) is 10.1. The van der Waals surface area contributed by atoms with Crippen LogP contribution in [0.15, 0.2) is 36.4 Å². The Balaban J connectivity index is 2.56. The molecule has 110 valence electrons. The van der Waals surface area contributed by atoms with Crippen molar-refractivity contribution in [3.63, 3.8) is 0 Å². The molecule has 0 saturated carbocycles. The van der Waals surface area contributed by atoms with E-state index in [2.05, 4.69) is 15.9 Å². The van der Waals surface area contributed by atoms with E-state index in [1.165, 1.54) is 20.3 Å². The second-order valence-electron chi connectivity index (χ2n) is 4.34. The minimum absolute atomic E-state index is 0.344. The standard InChI is InChI=1S/C16H14BrFO3/c1-20-12-4-6-15(18)14(8-12)13-5-3-10(16(19)21-2)7-11(13)9-17/h3-8H,9H2,1-2H3. The first-order valence-electron chi connectivity index (χ1n) is 6.21. The minimum Gasteiger partial charge on any atom is -0.497 e. The number of alkyl halides is 1. The van der Waals surface area contributed by atoms with E-state index >= 15 is 0 Å². The van der Waals surface area contributed by atoms with Crippen molar-refractivity contribution in [2.75, 3.05) is 14.2 Å². The summed E-state index contributed by atoms with van der Waals surface area (Å²) in [6.45, 7) is 0. The molecule has 0 fully saturated rings. The van der Waals surface area contributed by atoms with Crippen LogP contribution < -0.4 is 4.74 Å². The van der Waals surface area contributed by atoms with Crippen LogP contribution >= 0.6 is 15.9 Å². The Bertz CT molecular complexity index is 671. The summed E-state index contributed by atoms with van der Waals surface area (Å²) < 4.78 is 23.9. The first-order valence-corrected chi connectivity index (χ1v) is 7.34. The van der Waals surface area contributed by atoms with Gasteiger partial charge in [0.15, 0.2) is 0 Å². The molecule has 3 nitrogen and oxygen atoms in total. The van der Waals surface area contributed by atoms with Gasteiger partial charge in [0.2, 0.25) is 0 Å². The van der Waals surface area contributed by atoms with E-state index in [-0.39, 0.29) is 5.82 Å². The zero-order valence-corrected chi connectivity index (χ0v) is 13.2. The van der Waals surface area contributed by atoms with Gasteiger partial charge in [-0.2, -0.15) is 0 Å². The summed E-state index contributed by atoms with van der Waals surface area (Å²) in [4.78, 5) is 11.6. The maximum atomic E-state index is 14.1. The summed E-state index contributed by atoms with van der Waals surface area (Å²) in [6, 6.07) is 9.58. The van der Waals surface area contributed by atoms with Gasteiger partial charge in [-0.05, 0) is 41.5 Å².